The highest BCUT2D eigenvalue weighted by Gasteiger charge is 2.56. The molecule has 1 heterocycles. The minimum Gasteiger partial charge on any atom is -0.350 e. The van der Waals surface area contributed by atoms with E-state index < -0.39 is 10.9 Å². The number of nitrogens with one attached hydrogen (secondary N) is 3. The van der Waals surface area contributed by atoms with Crippen LogP contribution in [0.15, 0.2) is 24.5 Å². The molecule has 2 unspecified atom stereocenters. The third-order valence-electron chi connectivity index (χ3n) is 7.09. The van der Waals surface area contributed by atoms with Crippen molar-refractivity contribution >= 4 is 27.7 Å². The van der Waals surface area contributed by atoms with Gasteiger partial charge in [0.05, 0.1) is 12.6 Å². The predicted octanol–water partition coefficient (Wildman–Crippen LogP) is 2.13. The molecule has 30 heavy (non-hydrogen) atoms. The van der Waals surface area contributed by atoms with E-state index >= 15 is 0 Å². The van der Waals surface area contributed by atoms with Crippen LogP contribution in [0.3, 0.4) is 0 Å². The summed E-state index contributed by atoms with van der Waals surface area (Å²) in [5.74, 6) is 1.12. The van der Waals surface area contributed by atoms with Crippen molar-refractivity contribution in [3.05, 3.63) is 30.1 Å². The highest BCUT2D eigenvalue weighted by Crippen LogP contribution is 2.61. The summed E-state index contributed by atoms with van der Waals surface area (Å²) in [6.07, 6.45) is 5.61. The molecule has 2 amide bonds. The average Bonchev–Trinajstić information content (AvgIpc) is 2.75. The van der Waals surface area contributed by atoms with Crippen LogP contribution >= 0.6 is 15.9 Å². The Kier molecular flexibility index (Phi) is 7.14. The Balaban J connectivity index is 1.45. The number of hydrogen-bond acceptors (Lipinski definition) is 5. The molecule has 1 aromatic rings. The SMILES string of the molecule is C[C@H]1[C@@H](NC(C#N)C(Br)C(=O)NCC(=O)NCc2ccncc2)C[C@@H]2C[C@H]1C2(C)C. The summed E-state index contributed by atoms with van der Waals surface area (Å²) in [5.41, 5.74) is 1.30. The van der Waals surface area contributed by atoms with Crippen molar-refractivity contribution in [3.8, 4) is 6.07 Å². The largest absolute Gasteiger partial charge is 0.350 e. The van der Waals surface area contributed by atoms with Gasteiger partial charge in [-0.3, -0.25) is 19.9 Å². The molecule has 0 radical (unpaired) electrons. The first-order valence-corrected chi connectivity index (χ1v) is 11.4. The molecule has 3 N–H and O–H groups in total. The van der Waals surface area contributed by atoms with Crippen LogP contribution in [0, 0.1) is 34.5 Å². The van der Waals surface area contributed by atoms with Gasteiger partial charge in [0.25, 0.3) is 0 Å². The van der Waals surface area contributed by atoms with E-state index in [0.717, 1.165) is 12.0 Å². The van der Waals surface area contributed by atoms with E-state index in [9.17, 15) is 14.9 Å². The van der Waals surface area contributed by atoms with E-state index in [4.69, 9.17) is 0 Å². The van der Waals surface area contributed by atoms with Crippen LogP contribution in [0.5, 0.6) is 0 Å². The second-order valence-electron chi connectivity index (χ2n) is 9.09. The van der Waals surface area contributed by atoms with Gasteiger partial charge in [0.1, 0.15) is 10.9 Å². The summed E-state index contributed by atoms with van der Waals surface area (Å²) in [7, 11) is 0. The maximum absolute atomic E-state index is 12.5. The summed E-state index contributed by atoms with van der Waals surface area (Å²) in [5, 5.41) is 18.4. The Bertz CT molecular complexity index is 809. The molecule has 7 nitrogen and oxygen atoms in total. The zero-order valence-electron chi connectivity index (χ0n) is 17.7. The number of amides is 2. The van der Waals surface area contributed by atoms with Gasteiger partial charge in [0.2, 0.25) is 11.8 Å². The highest BCUT2D eigenvalue weighted by atomic mass is 79.9. The van der Waals surface area contributed by atoms with Crippen molar-refractivity contribution in [2.45, 2.75) is 57.1 Å². The second kappa shape index (κ2) is 9.44. The molecular weight excluding hydrogens is 446 g/mol. The zero-order valence-corrected chi connectivity index (χ0v) is 19.3. The smallest absolute Gasteiger partial charge is 0.239 e. The fourth-order valence-electron chi connectivity index (χ4n) is 4.97. The molecule has 0 aromatic carbocycles. The van der Waals surface area contributed by atoms with Gasteiger partial charge in [-0.15, -0.1) is 0 Å². The van der Waals surface area contributed by atoms with Crippen molar-refractivity contribution in [1.29, 1.82) is 5.26 Å². The number of fused-ring (bicyclic) bond motifs is 2. The van der Waals surface area contributed by atoms with Gasteiger partial charge in [-0.25, -0.2) is 0 Å². The number of halogens is 1. The quantitative estimate of drug-likeness (QED) is 0.499. The molecular formula is C22H30BrN5O2. The highest BCUT2D eigenvalue weighted by molar-refractivity contribution is 9.10. The van der Waals surface area contributed by atoms with Gasteiger partial charge >= 0.3 is 0 Å². The third kappa shape index (κ3) is 4.84. The number of carbonyl (C=O) groups excluding carboxylic acids is 2. The standard InChI is InChI=1S/C22H30BrN5O2/c1-13-16-8-15(22(16,2)3)9-17(13)28-18(10-24)20(23)21(30)27-12-19(29)26-11-14-4-6-25-7-5-14/h4-7,13,15-18,20,28H,8-9,11-12H2,1-3H3,(H,26,29)(H,27,30)/t13-,15+,16-,17+,18?,20?/m1/s1. The van der Waals surface area contributed by atoms with E-state index in [-0.39, 0.29) is 24.4 Å². The van der Waals surface area contributed by atoms with E-state index in [1.165, 1.54) is 6.42 Å². The van der Waals surface area contributed by atoms with Gasteiger partial charge in [-0.05, 0) is 53.7 Å². The maximum Gasteiger partial charge on any atom is 0.239 e. The molecule has 1 aromatic heterocycles. The molecule has 8 heteroatoms. The molecule has 6 atom stereocenters. The minimum absolute atomic E-state index is 0.137. The molecule has 3 fully saturated rings. The van der Waals surface area contributed by atoms with Crippen LogP contribution in [0.4, 0.5) is 0 Å². The molecule has 3 aliphatic rings. The Labute approximate surface area is 186 Å². The number of alkyl halides is 1. The lowest BCUT2D eigenvalue weighted by molar-refractivity contribution is -0.126. The van der Waals surface area contributed by atoms with Crippen molar-refractivity contribution < 1.29 is 9.59 Å². The molecule has 2 bridgehead atoms. The summed E-state index contributed by atoms with van der Waals surface area (Å²) >= 11 is 3.36. The van der Waals surface area contributed by atoms with Crippen molar-refractivity contribution in [2.24, 2.45) is 23.2 Å². The average molecular weight is 476 g/mol. The topological polar surface area (TPSA) is 107 Å². The van der Waals surface area contributed by atoms with E-state index in [1.807, 2.05) is 12.1 Å². The number of nitriles is 1. The van der Waals surface area contributed by atoms with Gasteiger partial charge in [0.15, 0.2) is 0 Å². The Hall–Kier alpha value is -1.98. The molecule has 3 saturated carbocycles. The van der Waals surface area contributed by atoms with E-state index in [2.05, 4.69) is 63.7 Å². The monoisotopic (exact) mass is 475 g/mol. The van der Waals surface area contributed by atoms with Gasteiger partial charge in [0, 0.05) is 25.0 Å². The Morgan fingerprint density at radius 3 is 2.60 bits per heavy atom. The first kappa shape index (κ1) is 22.7. The number of hydrogen-bond donors (Lipinski definition) is 3. The summed E-state index contributed by atoms with van der Waals surface area (Å²) in [6.45, 7) is 7.14. The molecule has 0 aliphatic heterocycles. The van der Waals surface area contributed by atoms with Crippen LogP contribution in [0.2, 0.25) is 0 Å². The van der Waals surface area contributed by atoms with Gasteiger partial charge in [-0.2, -0.15) is 5.26 Å². The van der Waals surface area contributed by atoms with Crippen molar-refractivity contribution in [2.75, 3.05) is 6.54 Å². The molecule has 4 rings (SSSR count). The summed E-state index contributed by atoms with van der Waals surface area (Å²) in [4.78, 5) is 27.7. The van der Waals surface area contributed by atoms with Crippen LogP contribution < -0.4 is 16.0 Å². The summed E-state index contributed by atoms with van der Waals surface area (Å²) < 4.78 is 0. The molecule has 3 aliphatic carbocycles. The number of nitrogens with zero attached hydrogens (tertiary/aromatic N) is 2. The Morgan fingerprint density at radius 1 is 1.30 bits per heavy atom. The Morgan fingerprint density at radius 2 is 2.00 bits per heavy atom. The van der Waals surface area contributed by atoms with Crippen molar-refractivity contribution in [3.63, 3.8) is 0 Å². The fourth-order valence-corrected chi connectivity index (χ4v) is 5.40. The lowest BCUT2D eigenvalue weighted by Gasteiger charge is -2.62. The normalized spacial score (nSPS) is 28.4. The molecule has 0 saturated heterocycles. The number of aromatic nitrogens is 1. The lowest BCUT2D eigenvalue weighted by Crippen LogP contribution is -2.62. The van der Waals surface area contributed by atoms with Crippen LogP contribution in [0.1, 0.15) is 39.2 Å². The molecule has 0 spiro atoms. The summed E-state index contributed by atoms with van der Waals surface area (Å²) in [6, 6.07) is 5.41. The number of pyridine rings is 1. The van der Waals surface area contributed by atoms with Crippen LogP contribution in [-0.2, 0) is 16.1 Å². The van der Waals surface area contributed by atoms with E-state index in [0.29, 0.717) is 29.7 Å². The molecule has 162 valence electrons. The van der Waals surface area contributed by atoms with Gasteiger partial charge in [-0.1, -0.05) is 36.7 Å². The fraction of sp³-hybridized carbons (Fsp3) is 0.636. The van der Waals surface area contributed by atoms with Crippen molar-refractivity contribution in [1.82, 2.24) is 20.9 Å². The van der Waals surface area contributed by atoms with Gasteiger partial charge < -0.3 is 10.6 Å². The zero-order chi connectivity index (χ0) is 21.9. The van der Waals surface area contributed by atoms with Crippen LogP contribution in [-0.4, -0.2) is 40.3 Å². The number of carbonyl (C=O) groups is 2. The minimum atomic E-state index is -0.728. The third-order valence-corrected chi connectivity index (χ3v) is 8.04. The maximum atomic E-state index is 12.5. The van der Waals surface area contributed by atoms with Crippen LogP contribution in [0.25, 0.3) is 0 Å². The number of rotatable bonds is 8. The lowest BCUT2D eigenvalue weighted by atomic mass is 9.44. The first-order chi connectivity index (χ1) is 14.2. The first-order valence-electron chi connectivity index (χ1n) is 10.5. The van der Waals surface area contributed by atoms with E-state index in [1.54, 1.807) is 12.4 Å². The second-order valence-corrected chi connectivity index (χ2v) is 10.1. The predicted molar refractivity (Wildman–Crippen MR) is 117 cm³/mol.